The lowest BCUT2D eigenvalue weighted by molar-refractivity contribution is -0.479. The minimum Gasteiger partial charge on any atom is -0.497 e. The molecule has 0 amide bonds. The molecule has 0 aromatic heterocycles. The molecule has 82 valence electrons. The molecule has 15 heavy (non-hydrogen) atoms. The van der Waals surface area contributed by atoms with Crippen LogP contribution >= 0.6 is 0 Å². The van der Waals surface area contributed by atoms with Gasteiger partial charge in [-0.2, -0.15) is 0 Å². The fraction of sp³-hybridized carbons (Fsp3) is 0.400. The predicted octanol–water partition coefficient (Wildman–Crippen LogP) is 1.52. The topological polar surface area (TPSA) is 61.6 Å². The van der Waals surface area contributed by atoms with Crippen LogP contribution < -0.4 is 9.47 Å². The van der Waals surface area contributed by atoms with Crippen molar-refractivity contribution < 1.29 is 14.4 Å². The maximum absolute atomic E-state index is 10.3. The molecule has 1 aromatic carbocycles. The van der Waals surface area contributed by atoms with Gasteiger partial charge in [0, 0.05) is 16.9 Å². The Morgan fingerprint density at radius 1 is 1.33 bits per heavy atom. The smallest absolute Gasteiger partial charge is 0.208 e. The summed E-state index contributed by atoms with van der Waals surface area (Å²) in [5.74, 6) is 1.33. The van der Waals surface area contributed by atoms with Gasteiger partial charge in [-0.1, -0.05) is 0 Å². The van der Waals surface area contributed by atoms with E-state index in [0.717, 1.165) is 5.56 Å². The molecule has 0 fully saturated rings. The van der Waals surface area contributed by atoms with E-state index < -0.39 is 0 Å². The molecule has 1 aromatic rings. The van der Waals surface area contributed by atoms with Crippen LogP contribution in [0, 0.1) is 10.1 Å². The van der Waals surface area contributed by atoms with Crippen LogP contribution in [0.5, 0.6) is 11.5 Å². The van der Waals surface area contributed by atoms with Crippen molar-refractivity contribution in [3.63, 3.8) is 0 Å². The second kappa shape index (κ2) is 5.19. The van der Waals surface area contributed by atoms with Crippen molar-refractivity contribution in [1.82, 2.24) is 0 Å². The monoisotopic (exact) mass is 211 g/mol. The Hall–Kier alpha value is -1.78. The minimum absolute atomic E-state index is 0.108. The largest absolute Gasteiger partial charge is 0.497 e. The minimum atomic E-state index is -0.348. The van der Waals surface area contributed by atoms with E-state index in [1.165, 1.54) is 7.11 Å². The van der Waals surface area contributed by atoms with Crippen LogP contribution in [0.25, 0.3) is 0 Å². The number of hydrogen-bond acceptors (Lipinski definition) is 4. The quantitative estimate of drug-likeness (QED) is 0.547. The predicted molar refractivity (Wildman–Crippen MR) is 55.1 cm³/mol. The Morgan fingerprint density at radius 2 is 2.07 bits per heavy atom. The van der Waals surface area contributed by atoms with Crippen molar-refractivity contribution >= 4 is 0 Å². The second-order valence-electron chi connectivity index (χ2n) is 2.98. The van der Waals surface area contributed by atoms with Gasteiger partial charge in [0.2, 0.25) is 6.54 Å². The SMILES string of the molecule is COc1ccc(OC)c(CC[N+](=O)[O-])c1. The van der Waals surface area contributed by atoms with Crippen molar-refractivity contribution in [2.45, 2.75) is 6.42 Å². The number of nitro groups is 1. The molecular weight excluding hydrogens is 198 g/mol. The average molecular weight is 211 g/mol. The van der Waals surface area contributed by atoms with Crippen molar-refractivity contribution in [3.8, 4) is 11.5 Å². The lowest BCUT2D eigenvalue weighted by atomic mass is 10.1. The molecular formula is C10H13NO4. The zero-order chi connectivity index (χ0) is 11.3. The van der Waals surface area contributed by atoms with Gasteiger partial charge in [-0.05, 0) is 18.2 Å². The number of benzene rings is 1. The molecule has 0 unspecified atom stereocenters. The van der Waals surface area contributed by atoms with Crippen molar-refractivity contribution in [3.05, 3.63) is 33.9 Å². The van der Waals surface area contributed by atoms with Crippen LogP contribution in [0.3, 0.4) is 0 Å². The Morgan fingerprint density at radius 3 is 2.60 bits per heavy atom. The van der Waals surface area contributed by atoms with Gasteiger partial charge >= 0.3 is 0 Å². The third-order valence-corrected chi connectivity index (χ3v) is 2.05. The molecule has 0 aliphatic carbocycles. The van der Waals surface area contributed by atoms with E-state index in [-0.39, 0.29) is 11.5 Å². The number of methoxy groups -OCH3 is 2. The van der Waals surface area contributed by atoms with Crippen LogP contribution in [-0.4, -0.2) is 25.7 Å². The molecule has 1 rings (SSSR count). The van der Waals surface area contributed by atoms with E-state index in [4.69, 9.17) is 9.47 Å². The normalized spacial score (nSPS) is 9.73. The van der Waals surface area contributed by atoms with Gasteiger partial charge in [-0.15, -0.1) is 0 Å². The molecule has 0 atom stereocenters. The zero-order valence-corrected chi connectivity index (χ0v) is 8.73. The average Bonchev–Trinajstić information content (AvgIpc) is 2.25. The van der Waals surface area contributed by atoms with Gasteiger partial charge in [0.1, 0.15) is 11.5 Å². The fourth-order valence-corrected chi connectivity index (χ4v) is 1.29. The van der Waals surface area contributed by atoms with Gasteiger partial charge in [0.15, 0.2) is 0 Å². The molecule has 0 aliphatic rings. The molecule has 0 aliphatic heterocycles. The summed E-state index contributed by atoms with van der Waals surface area (Å²) in [4.78, 5) is 9.91. The molecule has 0 saturated carbocycles. The summed E-state index contributed by atoms with van der Waals surface area (Å²) < 4.78 is 10.1. The van der Waals surface area contributed by atoms with Gasteiger partial charge in [0.05, 0.1) is 14.2 Å². The summed E-state index contributed by atoms with van der Waals surface area (Å²) in [5, 5.41) is 10.3. The lowest BCUT2D eigenvalue weighted by Gasteiger charge is -2.08. The second-order valence-corrected chi connectivity index (χ2v) is 2.98. The number of rotatable bonds is 5. The maximum Gasteiger partial charge on any atom is 0.208 e. The van der Waals surface area contributed by atoms with Gasteiger partial charge in [-0.3, -0.25) is 10.1 Å². The third kappa shape index (κ3) is 3.12. The first-order chi connectivity index (χ1) is 7.17. The summed E-state index contributed by atoms with van der Waals surface area (Å²) in [6.45, 7) is -0.108. The molecule has 5 nitrogen and oxygen atoms in total. The summed E-state index contributed by atoms with van der Waals surface area (Å²) in [5.41, 5.74) is 0.786. The highest BCUT2D eigenvalue weighted by atomic mass is 16.6. The highest BCUT2D eigenvalue weighted by Crippen LogP contribution is 2.24. The van der Waals surface area contributed by atoms with Crippen molar-refractivity contribution in [1.29, 1.82) is 0 Å². The van der Waals surface area contributed by atoms with E-state index in [0.29, 0.717) is 17.9 Å². The number of hydrogen-bond donors (Lipinski definition) is 0. The summed E-state index contributed by atoms with van der Waals surface area (Å²) in [7, 11) is 3.09. The fourth-order valence-electron chi connectivity index (χ4n) is 1.29. The van der Waals surface area contributed by atoms with Crippen LogP contribution in [-0.2, 0) is 6.42 Å². The summed E-state index contributed by atoms with van der Waals surface area (Å²) in [6, 6.07) is 5.25. The molecule has 0 radical (unpaired) electrons. The van der Waals surface area contributed by atoms with Crippen LogP contribution in [0.1, 0.15) is 5.56 Å². The zero-order valence-electron chi connectivity index (χ0n) is 8.73. The first-order valence-electron chi connectivity index (χ1n) is 4.50. The van der Waals surface area contributed by atoms with Crippen molar-refractivity contribution in [2.24, 2.45) is 0 Å². The van der Waals surface area contributed by atoms with Crippen molar-refractivity contribution in [2.75, 3.05) is 20.8 Å². The Kier molecular flexibility index (Phi) is 3.91. The molecule has 5 heteroatoms. The molecule has 0 N–H and O–H groups in total. The van der Waals surface area contributed by atoms with Crippen LogP contribution in [0.4, 0.5) is 0 Å². The highest BCUT2D eigenvalue weighted by Gasteiger charge is 2.07. The van der Waals surface area contributed by atoms with Gasteiger partial charge < -0.3 is 9.47 Å². The lowest BCUT2D eigenvalue weighted by Crippen LogP contribution is -2.05. The van der Waals surface area contributed by atoms with E-state index in [1.807, 2.05) is 0 Å². The van der Waals surface area contributed by atoms with E-state index in [2.05, 4.69) is 0 Å². The first kappa shape index (κ1) is 11.3. The summed E-state index contributed by atoms with van der Waals surface area (Å²) >= 11 is 0. The third-order valence-electron chi connectivity index (χ3n) is 2.05. The standard InChI is InChI=1S/C10H13NO4/c1-14-9-3-4-10(15-2)8(7-9)5-6-11(12)13/h3-4,7H,5-6H2,1-2H3. The molecule has 0 heterocycles. The highest BCUT2D eigenvalue weighted by molar-refractivity contribution is 5.40. The molecule has 0 spiro atoms. The summed E-state index contributed by atoms with van der Waals surface area (Å²) in [6.07, 6.45) is 0.341. The maximum atomic E-state index is 10.3. The van der Waals surface area contributed by atoms with E-state index >= 15 is 0 Å². The Balaban J connectivity index is 2.85. The van der Waals surface area contributed by atoms with Gasteiger partial charge in [0.25, 0.3) is 0 Å². The molecule has 0 saturated heterocycles. The number of nitrogens with zero attached hydrogens (tertiary/aromatic N) is 1. The van der Waals surface area contributed by atoms with E-state index in [9.17, 15) is 10.1 Å². The molecule has 0 bridgehead atoms. The first-order valence-corrected chi connectivity index (χ1v) is 4.50. The van der Waals surface area contributed by atoms with Crippen LogP contribution in [0.2, 0.25) is 0 Å². The Bertz CT molecular complexity index is 351. The number of ether oxygens (including phenoxy) is 2. The van der Waals surface area contributed by atoms with E-state index in [1.54, 1.807) is 25.3 Å². The van der Waals surface area contributed by atoms with Gasteiger partial charge in [-0.25, -0.2) is 0 Å². The Labute approximate surface area is 87.8 Å². The van der Waals surface area contributed by atoms with Crippen LogP contribution in [0.15, 0.2) is 18.2 Å².